The summed E-state index contributed by atoms with van der Waals surface area (Å²) in [7, 11) is -3.68. The minimum Gasteiger partial charge on any atom is -0.343 e. The smallest absolute Gasteiger partial charge is 0.258 e. The number of rotatable bonds is 8. The molecule has 0 spiro atoms. The Labute approximate surface area is 123 Å². The molecule has 2 N–H and O–H groups in total. The van der Waals surface area contributed by atoms with E-state index in [0.29, 0.717) is 6.54 Å². The summed E-state index contributed by atoms with van der Waals surface area (Å²) in [6, 6.07) is 3.21. The van der Waals surface area contributed by atoms with Crippen LogP contribution in [0.25, 0.3) is 0 Å². The maximum absolute atomic E-state index is 12.0. The molecular formula is C12H17N5O3S. The molecule has 0 bridgehead atoms. The average Bonchev–Trinajstić information content (AvgIpc) is 3.00. The first-order valence-corrected chi connectivity index (χ1v) is 8.00. The Bertz CT molecular complexity index is 640. The van der Waals surface area contributed by atoms with Crippen LogP contribution in [0.3, 0.4) is 0 Å². The molecule has 2 aromatic rings. The molecular weight excluding hydrogens is 294 g/mol. The zero-order valence-corrected chi connectivity index (χ0v) is 12.4. The Morgan fingerprint density at radius 2 is 2.10 bits per heavy atom. The highest BCUT2D eigenvalue weighted by molar-refractivity contribution is 7.89. The zero-order valence-electron chi connectivity index (χ0n) is 11.6. The van der Waals surface area contributed by atoms with Gasteiger partial charge in [-0.2, -0.15) is 4.98 Å². The molecule has 0 aliphatic heterocycles. The third-order valence-corrected chi connectivity index (χ3v) is 3.97. The fourth-order valence-corrected chi connectivity index (χ4v) is 2.49. The molecule has 0 aromatic carbocycles. The van der Waals surface area contributed by atoms with Gasteiger partial charge >= 0.3 is 0 Å². The monoisotopic (exact) mass is 311 g/mol. The van der Waals surface area contributed by atoms with Gasteiger partial charge in [0.05, 0.1) is 6.54 Å². The van der Waals surface area contributed by atoms with Crippen molar-refractivity contribution in [3.63, 3.8) is 0 Å². The van der Waals surface area contributed by atoms with Crippen molar-refractivity contribution in [2.24, 2.45) is 0 Å². The van der Waals surface area contributed by atoms with Crippen LogP contribution in [0.5, 0.6) is 0 Å². The van der Waals surface area contributed by atoms with Crippen LogP contribution in [0, 0.1) is 0 Å². The van der Waals surface area contributed by atoms with E-state index in [2.05, 4.69) is 36.6 Å². The van der Waals surface area contributed by atoms with Crippen LogP contribution in [-0.4, -0.2) is 30.1 Å². The molecule has 21 heavy (non-hydrogen) atoms. The third kappa shape index (κ3) is 4.59. The van der Waals surface area contributed by atoms with Gasteiger partial charge in [-0.3, -0.25) is 0 Å². The van der Waals surface area contributed by atoms with Crippen LogP contribution in [0.2, 0.25) is 0 Å². The van der Waals surface area contributed by atoms with Gasteiger partial charge < -0.3 is 9.84 Å². The van der Waals surface area contributed by atoms with Crippen molar-refractivity contribution in [1.29, 1.82) is 0 Å². The molecule has 2 heterocycles. The van der Waals surface area contributed by atoms with Crippen LogP contribution >= 0.6 is 0 Å². The van der Waals surface area contributed by atoms with Gasteiger partial charge in [0.2, 0.25) is 6.39 Å². The largest absolute Gasteiger partial charge is 0.343 e. The number of nitrogens with one attached hydrogen (secondary N) is 2. The molecule has 0 amide bonds. The van der Waals surface area contributed by atoms with Gasteiger partial charge in [-0.1, -0.05) is 18.1 Å². The summed E-state index contributed by atoms with van der Waals surface area (Å²) in [5.41, 5.74) is 0.931. The number of aromatic nitrogens is 3. The molecule has 0 aliphatic carbocycles. The molecule has 0 saturated carbocycles. The Balaban J connectivity index is 1.96. The predicted molar refractivity (Wildman–Crippen MR) is 74.6 cm³/mol. The summed E-state index contributed by atoms with van der Waals surface area (Å²) in [5.74, 6) is 0.263. The van der Waals surface area contributed by atoms with Crippen LogP contribution in [-0.2, 0) is 23.1 Å². The molecule has 0 saturated heterocycles. The Kier molecular flexibility index (Phi) is 5.37. The first-order valence-electron chi connectivity index (χ1n) is 6.52. The molecule has 2 aromatic heterocycles. The molecule has 0 atom stereocenters. The lowest BCUT2D eigenvalue weighted by molar-refractivity contribution is 0.409. The summed E-state index contributed by atoms with van der Waals surface area (Å²) in [5, 5.41) is 6.71. The van der Waals surface area contributed by atoms with Crippen LogP contribution < -0.4 is 10.0 Å². The van der Waals surface area contributed by atoms with Gasteiger partial charge in [0.1, 0.15) is 0 Å². The van der Waals surface area contributed by atoms with Crippen molar-refractivity contribution < 1.29 is 12.9 Å². The number of pyridine rings is 1. The summed E-state index contributed by atoms with van der Waals surface area (Å²) >= 11 is 0. The number of hydrogen-bond acceptors (Lipinski definition) is 7. The van der Waals surface area contributed by atoms with Crippen LogP contribution in [0.15, 0.2) is 34.3 Å². The van der Waals surface area contributed by atoms with Gasteiger partial charge in [-0.15, -0.1) is 0 Å². The summed E-state index contributed by atoms with van der Waals surface area (Å²) < 4.78 is 30.9. The molecule has 2 rings (SSSR count). The van der Waals surface area contributed by atoms with Crippen molar-refractivity contribution in [2.45, 2.75) is 31.5 Å². The molecule has 0 radical (unpaired) electrons. The second kappa shape index (κ2) is 7.25. The van der Waals surface area contributed by atoms with E-state index in [0.717, 1.165) is 24.9 Å². The molecule has 8 nitrogen and oxygen atoms in total. The quantitative estimate of drug-likeness (QED) is 0.681. The molecule has 0 unspecified atom stereocenters. The SMILES string of the molecule is CCCNCc1ccc(S(=O)(=O)NCc2ncon2)nc1. The molecule has 0 aliphatic rings. The van der Waals surface area contributed by atoms with E-state index in [9.17, 15) is 8.42 Å². The number of hydrogen-bond donors (Lipinski definition) is 2. The Hall–Kier alpha value is -1.84. The first-order chi connectivity index (χ1) is 10.1. The molecule has 114 valence electrons. The van der Waals surface area contributed by atoms with E-state index in [-0.39, 0.29) is 17.4 Å². The maximum Gasteiger partial charge on any atom is 0.258 e. The topological polar surface area (TPSA) is 110 Å². The van der Waals surface area contributed by atoms with E-state index in [1.54, 1.807) is 12.3 Å². The molecule has 0 fully saturated rings. The maximum atomic E-state index is 12.0. The summed E-state index contributed by atoms with van der Waals surface area (Å²) in [6.45, 7) is 3.61. The Morgan fingerprint density at radius 3 is 2.71 bits per heavy atom. The Morgan fingerprint density at radius 1 is 1.24 bits per heavy atom. The van der Waals surface area contributed by atoms with Crippen molar-refractivity contribution >= 4 is 10.0 Å². The second-order valence-corrected chi connectivity index (χ2v) is 6.07. The van der Waals surface area contributed by atoms with E-state index >= 15 is 0 Å². The predicted octanol–water partition coefficient (Wildman–Crippen LogP) is 0.443. The number of nitrogens with zero attached hydrogens (tertiary/aromatic N) is 3. The van der Waals surface area contributed by atoms with Gasteiger partial charge in [0.25, 0.3) is 10.0 Å². The van der Waals surface area contributed by atoms with Crippen molar-refractivity contribution in [2.75, 3.05) is 6.54 Å². The van der Waals surface area contributed by atoms with Gasteiger partial charge in [0.15, 0.2) is 10.9 Å². The van der Waals surface area contributed by atoms with E-state index in [4.69, 9.17) is 0 Å². The highest BCUT2D eigenvalue weighted by Crippen LogP contribution is 2.07. The van der Waals surface area contributed by atoms with E-state index in [1.807, 2.05) is 0 Å². The van der Waals surface area contributed by atoms with Crippen molar-refractivity contribution in [3.8, 4) is 0 Å². The minimum atomic E-state index is -3.68. The lowest BCUT2D eigenvalue weighted by Crippen LogP contribution is -2.24. The van der Waals surface area contributed by atoms with Crippen molar-refractivity contribution in [3.05, 3.63) is 36.1 Å². The minimum absolute atomic E-state index is 0.0368. The van der Waals surface area contributed by atoms with Gasteiger partial charge in [-0.05, 0) is 24.6 Å². The van der Waals surface area contributed by atoms with Gasteiger partial charge in [0, 0.05) is 12.7 Å². The summed E-state index contributed by atoms with van der Waals surface area (Å²) in [6.07, 6.45) is 3.73. The fourth-order valence-electron chi connectivity index (χ4n) is 1.59. The lowest BCUT2D eigenvalue weighted by Gasteiger charge is -2.06. The summed E-state index contributed by atoms with van der Waals surface area (Å²) in [4.78, 5) is 7.71. The second-order valence-electron chi connectivity index (χ2n) is 4.35. The van der Waals surface area contributed by atoms with Crippen molar-refractivity contribution in [1.82, 2.24) is 25.2 Å². The fraction of sp³-hybridized carbons (Fsp3) is 0.417. The number of sulfonamides is 1. The highest BCUT2D eigenvalue weighted by Gasteiger charge is 2.16. The molecule has 9 heteroatoms. The van der Waals surface area contributed by atoms with E-state index < -0.39 is 10.0 Å². The highest BCUT2D eigenvalue weighted by atomic mass is 32.2. The normalized spacial score (nSPS) is 11.7. The van der Waals surface area contributed by atoms with Gasteiger partial charge in [-0.25, -0.2) is 18.1 Å². The lowest BCUT2D eigenvalue weighted by atomic mass is 10.3. The standard InChI is InChI=1S/C12H17N5O3S/c1-2-5-13-6-10-3-4-12(14-7-10)21(18,19)16-8-11-15-9-20-17-11/h3-4,7,9,13,16H,2,5-6,8H2,1H3. The van der Waals surface area contributed by atoms with Crippen LogP contribution in [0.4, 0.5) is 0 Å². The van der Waals surface area contributed by atoms with Crippen LogP contribution in [0.1, 0.15) is 24.7 Å². The average molecular weight is 311 g/mol. The van der Waals surface area contributed by atoms with E-state index in [1.165, 1.54) is 6.07 Å². The first kappa shape index (κ1) is 15.5. The zero-order chi connectivity index (χ0) is 15.1. The third-order valence-electron chi connectivity index (χ3n) is 2.66.